The van der Waals surface area contributed by atoms with E-state index >= 15 is 0 Å². The molecule has 0 spiro atoms. The molecule has 1 aliphatic heterocycles. The van der Waals surface area contributed by atoms with Crippen molar-refractivity contribution in [3.63, 3.8) is 0 Å². The molecular formula is C12H14Br2N2O. The van der Waals surface area contributed by atoms with Crippen molar-refractivity contribution in [2.45, 2.75) is 6.92 Å². The fourth-order valence-corrected chi connectivity index (χ4v) is 2.86. The van der Waals surface area contributed by atoms with Gasteiger partial charge in [-0.1, -0.05) is 22.9 Å². The Morgan fingerprint density at radius 1 is 1.47 bits per heavy atom. The van der Waals surface area contributed by atoms with Crippen molar-refractivity contribution in [1.29, 1.82) is 0 Å². The van der Waals surface area contributed by atoms with E-state index in [1.807, 2.05) is 25.1 Å². The molecule has 17 heavy (non-hydrogen) atoms. The summed E-state index contributed by atoms with van der Waals surface area (Å²) in [5.41, 5.74) is 0.817. The Hall–Kier alpha value is -0.390. The van der Waals surface area contributed by atoms with E-state index in [1.165, 1.54) is 0 Å². The van der Waals surface area contributed by atoms with Crippen molar-refractivity contribution in [2.75, 3.05) is 18.4 Å². The van der Waals surface area contributed by atoms with Gasteiger partial charge in [0.15, 0.2) is 0 Å². The summed E-state index contributed by atoms with van der Waals surface area (Å²) in [5, 5.41) is 6.14. The second-order valence-corrected chi connectivity index (χ2v) is 6.09. The highest BCUT2D eigenvalue weighted by Gasteiger charge is 2.28. The van der Waals surface area contributed by atoms with Crippen molar-refractivity contribution in [3.05, 3.63) is 27.1 Å². The summed E-state index contributed by atoms with van der Waals surface area (Å²) in [6, 6.07) is 5.72. The minimum atomic E-state index is 0.0480. The molecule has 3 nitrogen and oxygen atoms in total. The lowest BCUT2D eigenvalue weighted by Gasteiger charge is -2.31. The lowest BCUT2D eigenvalue weighted by atomic mass is 9.88. The van der Waals surface area contributed by atoms with Crippen LogP contribution in [-0.4, -0.2) is 19.0 Å². The normalized spacial score (nSPS) is 17.4. The number of carbonyl (C=O) groups excluding carboxylic acids is 1. The Morgan fingerprint density at radius 3 is 2.71 bits per heavy atom. The number of amides is 1. The van der Waals surface area contributed by atoms with Gasteiger partial charge in [0.1, 0.15) is 0 Å². The number of rotatable bonds is 3. The van der Waals surface area contributed by atoms with Gasteiger partial charge < -0.3 is 10.6 Å². The number of hydrogen-bond donors (Lipinski definition) is 2. The van der Waals surface area contributed by atoms with Gasteiger partial charge in [-0.2, -0.15) is 0 Å². The van der Waals surface area contributed by atoms with Crippen LogP contribution in [-0.2, 0) is 4.79 Å². The molecule has 92 valence electrons. The average molecular weight is 362 g/mol. The molecule has 0 saturated carbocycles. The second-order valence-electron chi connectivity index (χ2n) is 4.32. The standard InChI is InChI=1S/C12H14Br2N2O/c1-7(8-5-15-6-8)12(17)16-11-3-2-9(13)4-10(11)14/h2-4,7-8,15H,5-6H2,1H3,(H,16,17). The zero-order valence-corrected chi connectivity index (χ0v) is 12.6. The zero-order valence-electron chi connectivity index (χ0n) is 9.47. The molecular weight excluding hydrogens is 348 g/mol. The highest BCUT2D eigenvalue weighted by molar-refractivity contribution is 9.11. The van der Waals surface area contributed by atoms with E-state index in [9.17, 15) is 4.79 Å². The first-order valence-electron chi connectivity index (χ1n) is 5.54. The van der Waals surface area contributed by atoms with Crippen LogP contribution in [0.3, 0.4) is 0 Å². The molecule has 1 saturated heterocycles. The van der Waals surface area contributed by atoms with E-state index in [2.05, 4.69) is 42.5 Å². The molecule has 1 heterocycles. The van der Waals surface area contributed by atoms with Gasteiger partial charge in [0, 0.05) is 14.9 Å². The van der Waals surface area contributed by atoms with E-state index in [-0.39, 0.29) is 11.8 Å². The number of halogens is 2. The molecule has 5 heteroatoms. The molecule has 1 unspecified atom stereocenters. The Balaban J connectivity index is 2.02. The van der Waals surface area contributed by atoms with E-state index in [1.54, 1.807) is 0 Å². The van der Waals surface area contributed by atoms with Crippen LogP contribution in [0, 0.1) is 11.8 Å². The first kappa shape index (κ1) is 13.1. The average Bonchev–Trinajstić information content (AvgIpc) is 2.19. The molecule has 0 aromatic heterocycles. The molecule has 1 amide bonds. The summed E-state index contributed by atoms with van der Waals surface area (Å²) >= 11 is 6.82. The molecule has 2 N–H and O–H groups in total. The van der Waals surface area contributed by atoms with E-state index in [0.717, 1.165) is 27.7 Å². The third-order valence-corrected chi connectivity index (χ3v) is 4.27. The maximum Gasteiger partial charge on any atom is 0.227 e. The summed E-state index contributed by atoms with van der Waals surface area (Å²) in [6.45, 7) is 3.86. The number of nitrogens with one attached hydrogen (secondary N) is 2. The summed E-state index contributed by atoms with van der Waals surface area (Å²) < 4.78 is 1.87. The summed E-state index contributed by atoms with van der Waals surface area (Å²) in [4.78, 5) is 12.0. The second kappa shape index (κ2) is 5.50. The number of hydrogen-bond acceptors (Lipinski definition) is 2. The number of carbonyl (C=O) groups is 1. The summed E-state index contributed by atoms with van der Waals surface area (Å²) in [5.74, 6) is 0.593. The zero-order chi connectivity index (χ0) is 12.4. The lowest BCUT2D eigenvalue weighted by molar-refractivity contribution is -0.121. The summed E-state index contributed by atoms with van der Waals surface area (Å²) in [6.07, 6.45) is 0. The molecule has 1 aliphatic rings. The lowest BCUT2D eigenvalue weighted by Crippen LogP contribution is -2.48. The van der Waals surface area contributed by atoms with E-state index in [0.29, 0.717) is 5.92 Å². The van der Waals surface area contributed by atoms with Gasteiger partial charge in [-0.15, -0.1) is 0 Å². The predicted octanol–water partition coefficient (Wildman–Crippen LogP) is 3.01. The van der Waals surface area contributed by atoms with Crippen LogP contribution in [0.15, 0.2) is 27.1 Å². The maximum atomic E-state index is 12.0. The van der Waals surface area contributed by atoms with Gasteiger partial charge in [-0.05, 0) is 53.1 Å². The van der Waals surface area contributed by atoms with Crippen LogP contribution >= 0.6 is 31.9 Å². The Bertz CT molecular complexity index is 433. The van der Waals surface area contributed by atoms with Crippen molar-refractivity contribution in [2.24, 2.45) is 11.8 Å². The molecule has 0 radical (unpaired) electrons. The van der Waals surface area contributed by atoms with Crippen molar-refractivity contribution in [1.82, 2.24) is 5.32 Å². The monoisotopic (exact) mass is 360 g/mol. The summed E-state index contributed by atoms with van der Waals surface area (Å²) in [7, 11) is 0. The Labute approximate surface area is 118 Å². The van der Waals surface area contributed by atoms with Crippen molar-refractivity contribution in [3.8, 4) is 0 Å². The van der Waals surface area contributed by atoms with E-state index in [4.69, 9.17) is 0 Å². The predicted molar refractivity (Wildman–Crippen MR) is 76.0 cm³/mol. The quantitative estimate of drug-likeness (QED) is 0.868. The fourth-order valence-electron chi connectivity index (χ4n) is 1.72. The molecule has 1 aromatic rings. The Morgan fingerprint density at radius 2 is 2.18 bits per heavy atom. The topological polar surface area (TPSA) is 41.1 Å². The molecule has 2 rings (SSSR count). The SMILES string of the molecule is CC(C(=O)Nc1ccc(Br)cc1Br)C1CNC1. The van der Waals surface area contributed by atoms with Crippen LogP contribution in [0.2, 0.25) is 0 Å². The van der Waals surface area contributed by atoms with Gasteiger partial charge in [-0.25, -0.2) is 0 Å². The minimum Gasteiger partial charge on any atom is -0.325 e. The third kappa shape index (κ3) is 3.09. The number of benzene rings is 1. The van der Waals surface area contributed by atoms with Crippen LogP contribution < -0.4 is 10.6 Å². The van der Waals surface area contributed by atoms with Gasteiger partial charge >= 0.3 is 0 Å². The molecule has 1 atom stereocenters. The Kier molecular flexibility index (Phi) is 4.22. The van der Waals surface area contributed by atoms with Gasteiger partial charge in [0.25, 0.3) is 0 Å². The maximum absolute atomic E-state index is 12.0. The highest BCUT2D eigenvalue weighted by Crippen LogP contribution is 2.27. The third-order valence-electron chi connectivity index (χ3n) is 3.12. The first-order valence-corrected chi connectivity index (χ1v) is 7.13. The number of anilines is 1. The first-order chi connectivity index (χ1) is 8.08. The highest BCUT2D eigenvalue weighted by atomic mass is 79.9. The molecule has 1 fully saturated rings. The fraction of sp³-hybridized carbons (Fsp3) is 0.417. The van der Waals surface area contributed by atoms with Gasteiger partial charge in [-0.3, -0.25) is 4.79 Å². The minimum absolute atomic E-state index is 0.0480. The largest absolute Gasteiger partial charge is 0.325 e. The van der Waals surface area contributed by atoms with E-state index < -0.39 is 0 Å². The smallest absolute Gasteiger partial charge is 0.227 e. The van der Waals surface area contributed by atoms with Crippen LogP contribution in [0.1, 0.15) is 6.92 Å². The molecule has 1 aromatic carbocycles. The van der Waals surface area contributed by atoms with Gasteiger partial charge in [0.05, 0.1) is 5.69 Å². The van der Waals surface area contributed by atoms with Crippen molar-refractivity contribution >= 4 is 43.5 Å². The van der Waals surface area contributed by atoms with Gasteiger partial charge in [0.2, 0.25) is 5.91 Å². The van der Waals surface area contributed by atoms with Crippen LogP contribution in [0.5, 0.6) is 0 Å². The van der Waals surface area contributed by atoms with Crippen molar-refractivity contribution < 1.29 is 4.79 Å². The van der Waals surface area contributed by atoms with Crippen LogP contribution in [0.4, 0.5) is 5.69 Å². The molecule has 0 bridgehead atoms. The molecule has 0 aliphatic carbocycles. The van der Waals surface area contributed by atoms with Crippen LogP contribution in [0.25, 0.3) is 0 Å².